The largest absolute Gasteiger partial charge is 0.321 e. The first-order chi connectivity index (χ1) is 5.79. The second-order valence-electron chi connectivity index (χ2n) is 3.07. The molecule has 0 aliphatic heterocycles. The van der Waals surface area contributed by atoms with Crippen molar-refractivity contribution in [2.45, 2.75) is 12.1 Å². The van der Waals surface area contributed by atoms with Gasteiger partial charge in [0.05, 0.1) is 0 Å². The Bertz CT molecular complexity index is 286. The van der Waals surface area contributed by atoms with E-state index in [2.05, 4.69) is 0 Å². The Labute approximate surface area is 71.9 Å². The van der Waals surface area contributed by atoms with Gasteiger partial charge in [0.25, 0.3) is 0 Å². The van der Waals surface area contributed by atoms with Crippen molar-refractivity contribution < 1.29 is 0 Å². The van der Waals surface area contributed by atoms with Crippen molar-refractivity contribution in [3.05, 3.63) is 47.5 Å². The zero-order valence-electron chi connectivity index (χ0n) is 6.77. The summed E-state index contributed by atoms with van der Waals surface area (Å²) in [6, 6.07) is 8.07. The second kappa shape index (κ2) is 2.73. The summed E-state index contributed by atoms with van der Waals surface area (Å²) in [7, 11) is 0. The molecule has 1 aliphatic carbocycles. The highest BCUT2D eigenvalue weighted by molar-refractivity contribution is 5.39. The van der Waals surface area contributed by atoms with Crippen LogP contribution in [-0.2, 0) is 0 Å². The SMILES string of the molecule is NC1C=CC(N)c2ccccc21. The molecule has 1 aromatic rings. The quantitative estimate of drug-likeness (QED) is 0.561. The lowest BCUT2D eigenvalue weighted by molar-refractivity contribution is 0.787. The van der Waals surface area contributed by atoms with E-state index in [1.807, 2.05) is 36.4 Å². The van der Waals surface area contributed by atoms with Gasteiger partial charge in [-0.2, -0.15) is 0 Å². The maximum atomic E-state index is 5.87. The van der Waals surface area contributed by atoms with Gasteiger partial charge < -0.3 is 11.5 Å². The van der Waals surface area contributed by atoms with Crippen molar-refractivity contribution >= 4 is 0 Å². The van der Waals surface area contributed by atoms with Crippen LogP contribution in [0.3, 0.4) is 0 Å². The van der Waals surface area contributed by atoms with E-state index >= 15 is 0 Å². The predicted molar refractivity (Wildman–Crippen MR) is 49.4 cm³/mol. The molecule has 1 aromatic carbocycles. The van der Waals surface area contributed by atoms with Crippen molar-refractivity contribution in [2.24, 2.45) is 11.5 Å². The molecular formula is C10H12N2. The molecule has 0 aromatic heterocycles. The number of benzene rings is 1. The second-order valence-corrected chi connectivity index (χ2v) is 3.07. The Morgan fingerprint density at radius 1 is 0.833 bits per heavy atom. The molecule has 2 nitrogen and oxygen atoms in total. The summed E-state index contributed by atoms with van der Waals surface area (Å²) >= 11 is 0. The molecule has 0 fully saturated rings. The molecule has 0 saturated carbocycles. The molecular weight excluding hydrogens is 148 g/mol. The molecule has 2 unspecified atom stereocenters. The monoisotopic (exact) mass is 160 g/mol. The van der Waals surface area contributed by atoms with Gasteiger partial charge >= 0.3 is 0 Å². The number of hydrogen-bond donors (Lipinski definition) is 2. The van der Waals surface area contributed by atoms with Gasteiger partial charge in [0.1, 0.15) is 0 Å². The van der Waals surface area contributed by atoms with Gasteiger partial charge in [-0.25, -0.2) is 0 Å². The van der Waals surface area contributed by atoms with E-state index in [1.54, 1.807) is 0 Å². The summed E-state index contributed by atoms with van der Waals surface area (Å²) in [4.78, 5) is 0. The van der Waals surface area contributed by atoms with Crippen molar-refractivity contribution in [1.29, 1.82) is 0 Å². The van der Waals surface area contributed by atoms with Crippen LogP contribution < -0.4 is 11.5 Å². The number of fused-ring (bicyclic) bond motifs is 1. The predicted octanol–water partition coefficient (Wildman–Crippen LogP) is 1.26. The number of hydrogen-bond acceptors (Lipinski definition) is 2. The number of nitrogens with two attached hydrogens (primary N) is 2. The first-order valence-corrected chi connectivity index (χ1v) is 4.07. The minimum Gasteiger partial charge on any atom is -0.321 e. The Hall–Kier alpha value is -1.12. The molecule has 2 atom stereocenters. The molecule has 2 rings (SSSR count). The summed E-state index contributed by atoms with van der Waals surface area (Å²) in [6.07, 6.45) is 3.90. The van der Waals surface area contributed by atoms with E-state index in [4.69, 9.17) is 11.5 Å². The van der Waals surface area contributed by atoms with Gasteiger partial charge in [0, 0.05) is 12.1 Å². The van der Waals surface area contributed by atoms with E-state index in [9.17, 15) is 0 Å². The standard InChI is InChI=1S/C10H12N2/c11-9-5-6-10(12)8-4-2-1-3-7(8)9/h1-6,9-10H,11-12H2. The fraction of sp³-hybridized carbons (Fsp3) is 0.200. The highest BCUT2D eigenvalue weighted by atomic mass is 14.7. The molecule has 62 valence electrons. The molecule has 0 bridgehead atoms. The Kier molecular flexibility index (Phi) is 1.71. The molecule has 0 amide bonds. The lowest BCUT2D eigenvalue weighted by Gasteiger charge is -2.21. The van der Waals surface area contributed by atoms with E-state index in [0.29, 0.717) is 0 Å². The van der Waals surface area contributed by atoms with E-state index < -0.39 is 0 Å². The molecule has 1 aliphatic rings. The smallest absolute Gasteiger partial charge is 0.0485 e. The number of rotatable bonds is 0. The average molecular weight is 160 g/mol. The van der Waals surface area contributed by atoms with E-state index in [-0.39, 0.29) is 12.1 Å². The Balaban J connectivity index is 2.54. The molecule has 0 heterocycles. The molecule has 2 heteroatoms. The van der Waals surface area contributed by atoms with Crippen LogP contribution in [-0.4, -0.2) is 0 Å². The maximum Gasteiger partial charge on any atom is 0.0485 e. The molecule has 0 spiro atoms. The summed E-state index contributed by atoms with van der Waals surface area (Å²) in [5, 5.41) is 0. The zero-order valence-corrected chi connectivity index (χ0v) is 6.77. The zero-order chi connectivity index (χ0) is 8.55. The van der Waals surface area contributed by atoms with E-state index in [1.165, 1.54) is 0 Å². The lowest BCUT2D eigenvalue weighted by Crippen LogP contribution is -2.19. The highest BCUT2D eigenvalue weighted by Gasteiger charge is 2.16. The first kappa shape index (κ1) is 7.53. The van der Waals surface area contributed by atoms with Crippen molar-refractivity contribution in [3.63, 3.8) is 0 Å². The van der Waals surface area contributed by atoms with Gasteiger partial charge in [0.15, 0.2) is 0 Å². The maximum absolute atomic E-state index is 5.87. The van der Waals surface area contributed by atoms with Crippen LogP contribution in [0.15, 0.2) is 36.4 Å². The van der Waals surface area contributed by atoms with Crippen LogP contribution in [0.2, 0.25) is 0 Å². The van der Waals surface area contributed by atoms with Crippen LogP contribution in [0, 0.1) is 0 Å². The molecule has 4 N–H and O–H groups in total. The van der Waals surface area contributed by atoms with Crippen molar-refractivity contribution in [1.82, 2.24) is 0 Å². The minimum atomic E-state index is 0.0148. The third-order valence-corrected chi connectivity index (χ3v) is 2.24. The fourth-order valence-electron chi connectivity index (χ4n) is 1.56. The van der Waals surface area contributed by atoms with Gasteiger partial charge in [-0.15, -0.1) is 0 Å². The average Bonchev–Trinajstić information content (AvgIpc) is 2.12. The first-order valence-electron chi connectivity index (χ1n) is 4.07. The third kappa shape index (κ3) is 1.05. The third-order valence-electron chi connectivity index (χ3n) is 2.24. The van der Waals surface area contributed by atoms with E-state index in [0.717, 1.165) is 11.1 Å². The van der Waals surface area contributed by atoms with Crippen LogP contribution >= 0.6 is 0 Å². The molecule has 0 saturated heterocycles. The Morgan fingerprint density at radius 2 is 1.25 bits per heavy atom. The molecule has 12 heavy (non-hydrogen) atoms. The summed E-state index contributed by atoms with van der Waals surface area (Å²) in [5.74, 6) is 0. The normalized spacial score (nSPS) is 26.8. The highest BCUT2D eigenvalue weighted by Crippen LogP contribution is 2.27. The van der Waals surface area contributed by atoms with Gasteiger partial charge in [0.2, 0.25) is 0 Å². The van der Waals surface area contributed by atoms with Gasteiger partial charge in [-0.1, -0.05) is 36.4 Å². The van der Waals surface area contributed by atoms with Crippen LogP contribution in [0.25, 0.3) is 0 Å². The molecule has 0 radical (unpaired) electrons. The van der Waals surface area contributed by atoms with Crippen LogP contribution in [0.5, 0.6) is 0 Å². The van der Waals surface area contributed by atoms with Crippen LogP contribution in [0.1, 0.15) is 23.2 Å². The van der Waals surface area contributed by atoms with Crippen molar-refractivity contribution in [2.75, 3.05) is 0 Å². The summed E-state index contributed by atoms with van der Waals surface area (Å²) in [6.45, 7) is 0. The summed E-state index contributed by atoms with van der Waals surface area (Å²) in [5.41, 5.74) is 14.0. The van der Waals surface area contributed by atoms with Gasteiger partial charge in [-0.05, 0) is 11.1 Å². The van der Waals surface area contributed by atoms with Crippen molar-refractivity contribution in [3.8, 4) is 0 Å². The Morgan fingerprint density at radius 3 is 1.67 bits per heavy atom. The van der Waals surface area contributed by atoms with Gasteiger partial charge in [-0.3, -0.25) is 0 Å². The topological polar surface area (TPSA) is 52.0 Å². The summed E-state index contributed by atoms with van der Waals surface area (Å²) < 4.78 is 0. The fourth-order valence-corrected chi connectivity index (χ4v) is 1.56. The van der Waals surface area contributed by atoms with Crippen LogP contribution in [0.4, 0.5) is 0 Å². The minimum absolute atomic E-state index is 0.0148. The lowest BCUT2D eigenvalue weighted by atomic mass is 9.91.